The Morgan fingerprint density at radius 1 is 1.38 bits per heavy atom. The molecule has 1 rings (SSSR count). The minimum atomic E-state index is -4.83. The second kappa shape index (κ2) is 4.40. The van der Waals surface area contributed by atoms with Gasteiger partial charge >= 0.3 is 6.18 Å². The van der Waals surface area contributed by atoms with Gasteiger partial charge in [-0.15, -0.1) is 0 Å². The Balaban J connectivity index is 3.39. The molecular formula is C8H5ClF5NO. The fraction of sp³-hybridized carbons (Fsp3) is 0.375. The maximum Gasteiger partial charge on any atom is 0.419 e. The highest BCUT2D eigenvalue weighted by Crippen LogP contribution is 2.38. The van der Waals surface area contributed by atoms with E-state index in [4.69, 9.17) is 11.6 Å². The highest BCUT2D eigenvalue weighted by atomic mass is 35.5. The summed E-state index contributed by atoms with van der Waals surface area (Å²) in [5, 5.41) is -0.922. The van der Waals surface area contributed by atoms with Gasteiger partial charge in [0.2, 0.25) is 5.88 Å². The summed E-state index contributed by atoms with van der Waals surface area (Å²) in [4.78, 5) is 3.12. The number of hydrogen-bond acceptors (Lipinski definition) is 2. The predicted molar refractivity (Wildman–Crippen MR) is 45.8 cm³/mol. The molecule has 0 N–H and O–H groups in total. The van der Waals surface area contributed by atoms with E-state index in [1.54, 1.807) is 0 Å². The van der Waals surface area contributed by atoms with Crippen LogP contribution in [0.4, 0.5) is 22.0 Å². The van der Waals surface area contributed by atoms with E-state index in [0.717, 1.165) is 7.11 Å². The summed E-state index contributed by atoms with van der Waals surface area (Å²) in [5.41, 5.74) is -2.36. The smallest absolute Gasteiger partial charge is 0.419 e. The highest BCUT2D eigenvalue weighted by molar-refractivity contribution is 6.30. The Morgan fingerprint density at radius 3 is 2.31 bits per heavy atom. The second-order valence-corrected chi connectivity index (χ2v) is 3.08. The summed E-state index contributed by atoms with van der Waals surface area (Å²) < 4.78 is 66.1. The Labute approximate surface area is 92.0 Å². The van der Waals surface area contributed by atoms with Crippen LogP contribution >= 0.6 is 11.6 Å². The monoisotopic (exact) mass is 261 g/mol. The van der Waals surface area contributed by atoms with Gasteiger partial charge in [-0.3, -0.25) is 0 Å². The lowest BCUT2D eigenvalue weighted by Crippen LogP contribution is -2.09. The summed E-state index contributed by atoms with van der Waals surface area (Å²) in [6.07, 6.45) is -7.96. The average molecular weight is 262 g/mol. The average Bonchev–Trinajstić information content (AvgIpc) is 2.14. The zero-order chi connectivity index (χ0) is 12.5. The molecular weight excluding hydrogens is 257 g/mol. The molecule has 0 unspecified atom stereocenters. The first kappa shape index (κ1) is 13.0. The molecule has 0 saturated carbocycles. The predicted octanol–water partition coefficient (Wildman–Crippen LogP) is 3.70. The summed E-state index contributed by atoms with van der Waals surface area (Å²) in [5.74, 6) is -0.618. The van der Waals surface area contributed by atoms with Gasteiger partial charge < -0.3 is 4.74 Å². The first-order valence-electron chi connectivity index (χ1n) is 3.87. The lowest BCUT2D eigenvalue weighted by atomic mass is 10.2. The number of methoxy groups -OCH3 is 1. The van der Waals surface area contributed by atoms with Crippen molar-refractivity contribution in [1.82, 2.24) is 4.98 Å². The van der Waals surface area contributed by atoms with E-state index in [-0.39, 0.29) is 6.07 Å². The van der Waals surface area contributed by atoms with E-state index < -0.39 is 34.8 Å². The molecule has 0 amide bonds. The van der Waals surface area contributed by atoms with Crippen LogP contribution in [0.1, 0.15) is 17.6 Å². The van der Waals surface area contributed by atoms with E-state index >= 15 is 0 Å². The molecule has 0 aromatic carbocycles. The van der Waals surface area contributed by atoms with Crippen LogP contribution in [-0.2, 0) is 6.18 Å². The number of hydrogen-bond donors (Lipinski definition) is 0. The normalized spacial score (nSPS) is 12.0. The van der Waals surface area contributed by atoms with E-state index in [1.807, 2.05) is 0 Å². The molecule has 0 atom stereocenters. The molecule has 0 aliphatic rings. The number of alkyl halides is 5. The summed E-state index contributed by atoms with van der Waals surface area (Å²) in [6, 6.07) is 0.235. The van der Waals surface area contributed by atoms with Crippen LogP contribution in [0, 0.1) is 0 Å². The van der Waals surface area contributed by atoms with Gasteiger partial charge in [-0.25, -0.2) is 13.8 Å². The van der Waals surface area contributed by atoms with E-state index in [0.29, 0.717) is 0 Å². The fourth-order valence-electron chi connectivity index (χ4n) is 1.01. The summed E-state index contributed by atoms with van der Waals surface area (Å²) in [7, 11) is 1.01. The molecule has 1 aromatic heterocycles. The molecule has 16 heavy (non-hydrogen) atoms. The van der Waals surface area contributed by atoms with Crippen LogP contribution in [-0.4, -0.2) is 12.1 Å². The molecule has 0 aliphatic carbocycles. The molecule has 1 heterocycles. The molecule has 1 aromatic rings. The van der Waals surface area contributed by atoms with E-state index in [1.165, 1.54) is 0 Å². The highest BCUT2D eigenvalue weighted by Gasteiger charge is 2.36. The molecule has 2 nitrogen and oxygen atoms in total. The topological polar surface area (TPSA) is 22.1 Å². The van der Waals surface area contributed by atoms with Crippen molar-refractivity contribution < 1.29 is 26.7 Å². The third-order valence-corrected chi connectivity index (χ3v) is 1.99. The number of rotatable bonds is 2. The molecule has 8 heteroatoms. The third-order valence-electron chi connectivity index (χ3n) is 1.70. The van der Waals surface area contributed by atoms with Crippen molar-refractivity contribution >= 4 is 11.6 Å². The fourth-order valence-corrected chi connectivity index (χ4v) is 1.25. The number of nitrogens with zero attached hydrogens (tertiary/aromatic N) is 1. The van der Waals surface area contributed by atoms with Gasteiger partial charge in [-0.05, 0) is 6.07 Å². The van der Waals surface area contributed by atoms with Crippen LogP contribution in [0.3, 0.4) is 0 Å². The van der Waals surface area contributed by atoms with Crippen LogP contribution in [0.5, 0.6) is 5.88 Å². The zero-order valence-corrected chi connectivity index (χ0v) is 8.53. The van der Waals surface area contributed by atoms with Crippen molar-refractivity contribution in [2.45, 2.75) is 12.6 Å². The number of ether oxygens (including phenoxy) is 1. The van der Waals surface area contributed by atoms with Crippen molar-refractivity contribution in [1.29, 1.82) is 0 Å². The van der Waals surface area contributed by atoms with Gasteiger partial charge in [-0.2, -0.15) is 13.2 Å². The maximum absolute atomic E-state index is 12.4. The van der Waals surface area contributed by atoms with Crippen LogP contribution in [0.25, 0.3) is 0 Å². The molecule has 0 radical (unpaired) electrons. The Kier molecular flexibility index (Phi) is 3.57. The standard InChI is InChI=1S/C8H5ClF5NO/c1-16-7-3(6(10)11)2-4(5(9)15-7)8(12,13)14/h2,6H,1H3. The minimum Gasteiger partial charge on any atom is -0.481 e. The van der Waals surface area contributed by atoms with Gasteiger partial charge in [0.05, 0.1) is 18.2 Å². The van der Waals surface area contributed by atoms with E-state index in [9.17, 15) is 22.0 Å². The van der Waals surface area contributed by atoms with Gasteiger partial charge in [0.1, 0.15) is 5.15 Å². The zero-order valence-electron chi connectivity index (χ0n) is 7.78. The lowest BCUT2D eigenvalue weighted by molar-refractivity contribution is -0.137. The van der Waals surface area contributed by atoms with Crippen molar-refractivity contribution in [3.63, 3.8) is 0 Å². The summed E-state index contributed by atoms with van der Waals surface area (Å²) >= 11 is 5.21. The Bertz CT molecular complexity index is 393. The maximum atomic E-state index is 12.4. The van der Waals surface area contributed by atoms with Crippen molar-refractivity contribution in [3.05, 3.63) is 22.3 Å². The second-order valence-electron chi connectivity index (χ2n) is 2.72. The lowest BCUT2D eigenvalue weighted by Gasteiger charge is -2.12. The van der Waals surface area contributed by atoms with Crippen molar-refractivity contribution in [2.24, 2.45) is 0 Å². The van der Waals surface area contributed by atoms with Gasteiger partial charge in [0.25, 0.3) is 6.43 Å². The SMILES string of the molecule is COc1nc(Cl)c(C(F)(F)F)cc1C(F)F. The Hall–Kier alpha value is -1.11. The molecule has 0 saturated heterocycles. The van der Waals surface area contributed by atoms with Gasteiger partial charge in [0.15, 0.2) is 0 Å². The first-order chi connectivity index (χ1) is 7.27. The largest absolute Gasteiger partial charge is 0.481 e. The van der Waals surface area contributed by atoms with Gasteiger partial charge in [-0.1, -0.05) is 11.6 Å². The Morgan fingerprint density at radius 2 is 1.94 bits per heavy atom. The number of pyridine rings is 1. The minimum absolute atomic E-state index is 0.235. The summed E-state index contributed by atoms with van der Waals surface area (Å²) in [6.45, 7) is 0. The van der Waals surface area contributed by atoms with E-state index in [2.05, 4.69) is 9.72 Å². The third kappa shape index (κ3) is 2.52. The van der Waals surface area contributed by atoms with Crippen LogP contribution in [0.15, 0.2) is 6.07 Å². The molecule has 0 aliphatic heterocycles. The van der Waals surface area contributed by atoms with Crippen LogP contribution < -0.4 is 4.74 Å². The molecule has 0 fully saturated rings. The van der Waals surface area contributed by atoms with Gasteiger partial charge in [0, 0.05) is 0 Å². The molecule has 0 bridgehead atoms. The quantitative estimate of drug-likeness (QED) is 0.598. The molecule has 0 spiro atoms. The molecule has 90 valence electrons. The van der Waals surface area contributed by atoms with Crippen molar-refractivity contribution in [3.8, 4) is 5.88 Å². The number of halogens is 6. The first-order valence-corrected chi connectivity index (χ1v) is 4.25. The van der Waals surface area contributed by atoms with Crippen LogP contribution in [0.2, 0.25) is 5.15 Å². The van der Waals surface area contributed by atoms with Crippen molar-refractivity contribution in [2.75, 3.05) is 7.11 Å². The number of aromatic nitrogens is 1.